The van der Waals surface area contributed by atoms with Crippen molar-refractivity contribution in [2.45, 2.75) is 0 Å². The first kappa shape index (κ1) is 22.2. The molecule has 5 aromatic carbocycles. The van der Waals surface area contributed by atoms with Crippen LogP contribution in [0.25, 0.3) is 0 Å². The summed E-state index contributed by atoms with van der Waals surface area (Å²) in [5.41, 5.74) is 10.9. The summed E-state index contributed by atoms with van der Waals surface area (Å²) in [4.78, 5) is 0. The van der Waals surface area contributed by atoms with Crippen LogP contribution in [-0.4, -0.2) is 29.1 Å². The average molecular weight is 430 g/mol. The molecule has 0 saturated heterocycles. The van der Waals surface area contributed by atoms with Gasteiger partial charge in [0.05, 0.1) is 0 Å². The molecule has 0 N–H and O–H groups in total. The summed E-state index contributed by atoms with van der Waals surface area (Å²) >= 11 is 0. The maximum absolute atomic E-state index is 2.27. The third kappa shape index (κ3) is 6.23. The normalized spacial score (nSPS) is 10.4. The summed E-state index contributed by atoms with van der Waals surface area (Å²) in [5, 5.41) is 0. The minimum absolute atomic E-state index is 0.972. The van der Waals surface area contributed by atoms with Crippen LogP contribution in [-0.2, 0) is 0 Å². The maximum atomic E-state index is 2.27. The van der Waals surface area contributed by atoms with E-state index in [1.54, 1.807) is 0 Å². The second-order valence-electron chi connectivity index (χ2n) is 9.13. The molecule has 158 valence electrons. The lowest BCUT2D eigenvalue weighted by atomic mass is 9.59. The molecular weight excluding hydrogens is 404 g/mol. The van der Waals surface area contributed by atoms with Gasteiger partial charge in [0.25, 0.3) is 0 Å². The standard InChI is InChI=1S/C30H26B4/c1-3-7-23(8-4-1)31-25-11-15-27(16-12-25)33-29-19-21-30(22-20-29)34-28-17-13-26(14-18-28)32-24-9-5-2-6-10-24/h1-22,31-34H. The molecule has 0 nitrogen and oxygen atoms in total. The van der Waals surface area contributed by atoms with Gasteiger partial charge in [0.1, 0.15) is 0 Å². The van der Waals surface area contributed by atoms with Gasteiger partial charge >= 0.3 is 0 Å². The summed E-state index contributed by atoms with van der Waals surface area (Å²) in [5.74, 6) is 0. The number of benzene rings is 5. The van der Waals surface area contributed by atoms with E-state index in [0.29, 0.717) is 0 Å². The molecule has 4 heteroatoms. The summed E-state index contributed by atoms with van der Waals surface area (Å²) in [6, 6.07) is 48.5. The highest BCUT2D eigenvalue weighted by Crippen LogP contribution is 1.88. The van der Waals surface area contributed by atoms with E-state index in [2.05, 4.69) is 133 Å². The van der Waals surface area contributed by atoms with Gasteiger partial charge in [-0.15, -0.1) is 0 Å². The fraction of sp³-hybridized carbons (Fsp3) is 0. The largest absolute Gasteiger partial charge is 0.192 e. The first-order valence-corrected chi connectivity index (χ1v) is 12.1. The molecule has 5 aromatic rings. The van der Waals surface area contributed by atoms with Gasteiger partial charge in [-0.2, -0.15) is 0 Å². The summed E-state index contributed by atoms with van der Waals surface area (Å²) in [7, 11) is 3.92. The van der Waals surface area contributed by atoms with E-state index in [1.165, 1.54) is 43.7 Å². The van der Waals surface area contributed by atoms with Crippen LogP contribution in [0.1, 0.15) is 0 Å². The SMILES string of the molecule is B(c1ccccc1)c1ccc(Bc2ccc(Bc3ccc(Bc4ccccc4)cc3)cc2)cc1. The predicted octanol–water partition coefficient (Wildman–Crippen LogP) is -0.764. The van der Waals surface area contributed by atoms with Crippen LogP contribution in [0, 0.1) is 0 Å². The van der Waals surface area contributed by atoms with Crippen LogP contribution in [0.2, 0.25) is 0 Å². The summed E-state index contributed by atoms with van der Waals surface area (Å²) < 4.78 is 0. The van der Waals surface area contributed by atoms with E-state index in [0.717, 1.165) is 29.1 Å². The Labute approximate surface area is 206 Å². The molecule has 0 saturated carbocycles. The number of hydrogen-bond donors (Lipinski definition) is 0. The highest BCUT2D eigenvalue weighted by Gasteiger charge is 2.05. The van der Waals surface area contributed by atoms with E-state index in [-0.39, 0.29) is 0 Å². The first-order valence-electron chi connectivity index (χ1n) is 12.1. The Bertz CT molecular complexity index is 1190. The van der Waals surface area contributed by atoms with Crippen molar-refractivity contribution in [2.75, 3.05) is 0 Å². The third-order valence-corrected chi connectivity index (χ3v) is 6.39. The molecule has 34 heavy (non-hydrogen) atoms. The van der Waals surface area contributed by atoms with Crippen LogP contribution >= 0.6 is 0 Å². The smallest absolute Gasteiger partial charge is 0.0786 e. The van der Waals surface area contributed by atoms with Crippen molar-refractivity contribution in [2.24, 2.45) is 0 Å². The summed E-state index contributed by atoms with van der Waals surface area (Å²) in [6.45, 7) is 0. The lowest BCUT2D eigenvalue weighted by Crippen LogP contribution is -2.33. The molecule has 0 atom stereocenters. The van der Waals surface area contributed by atoms with Gasteiger partial charge in [-0.1, -0.05) is 177 Å². The zero-order chi connectivity index (χ0) is 23.0. The molecule has 0 fully saturated rings. The molecule has 0 unspecified atom stereocenters. The molecule has 0 aliphatic heterocycles. The number of hydrogen-bond acceptors (Lipinski definition) is 0. The van der Waals surface area contributed by atoms with Gasteiger partial charge in [0.2, 0.25) is 0 Å². The molecule has 0 aliphatic rings. The van der Waals surface area contributed by atoms with Crippen LogP contribution in [0.15, 0.2) is 133 Å². The molecule has 0 aliphatic carbocycles. The quantitative estimate of drug-likeness (QED) is 0.284. The Morgan fingerprint density at radius 2 is 0.382 bits per heavy atom. The predicted molar refractivity (Wildman–Crippen MR) is 158 cm³/mol. The Morgan fingerprint density at radius 3 is 0.588 bits per heavy atom. The first-order chi connectivity index (χ1) is 16.8. The van der Waals surface area contributed by atoms with E-state index in [9.17, 15) is 0 Å². The molecule has 5 rings (SSSR count). The van der Waals surface area contributed by atoms with Crippen molar-refractivity contribution in [1.29, 1.82) is 0 Å². The van der Waals surface area contributed by atoms with Crippen LogP contribution < -0.4 is 43.7 Å². The second-order valence-corrected chi connectivity index (χ2v) is 9.13. The topological polar surface area (TPSA) is 0 Å². The van der Waals surface area contributed by atoms with Crippen LogP contribution in [0.4, 0.5) is 0 Å². The Hall–Kier alpha value is -3.64. The van der Waals surface area contributed by atoms with Crippen molar-refractivity contribution in [3.63, 3.8) is 0 Å². The average Bonchev–Trinajstić information content (AvgIpc) is 2.89. The lowest BCUT2D eigenvalue weighted by molar-refractivity contribution is 1.76. The van der Waals surface area contributed by atoms with E-state index in [1.807, 2.05) is 0 Å². The second kappa shape index (κ2) is 11.0. The molecular formula is C30H26B4. The fourth-order valence-electron chi connectivity index (χ4n) is 4.46. The van der Waals surface area contributed by atoms with Crippen molar-refractivity contribution in [3.8, 4) is 0 Å². The van der Waals surface area contributed by atoms with E-state index >= 15 is 0 Å². The Morgan fingerprint density at radius 1 is 0.206 bits per heavy atom. The van der Waals surface area contributed by atoms with Crippen molar-refractivity contribution in [3.05, 3.63) is 133 Å². The number of rotatable bonds is 8. The monoisotopic (exact) mass is 430 g/mol. The van der Waals surface area contributed by atoms with Gasteiger partial charge in [-0.05, 0) is 0 Å². The third-order valence-electron chi connectivity index (χ3n) is 6.39. The van der Waals surface area contributed by atoms with E-state index in [4.69, 9.17) is 0 Å². The van der Waals surface area contributed by atoms with Crippen molar-refractivity contribution >= 4 is 72.8 Å². The zero-order valence-corrected chi connectivity index (χ0v) is 19.5. The lowest BCUT2D eigenvalue weighted by Gasteiger charge is -2.06. The molecule has 0 bridgehead atoms. The molecule has 0 heterocycles. The highest BCUT2D eigenvalue weighted by atomic mass is 13.9. The minimum atomic E-state index is 0.972. The van der Waals surface area contributed by atoms with Crippen molar-refractivity contribution in [1.82, 2.24) is 0 Å². The van der Waals surface area contributed by atoms with Gasteiger partial charge in [-0.3, -0.25) is 0 Å². The zero-order valence-electron chi connectivity index (χ0n) is 19.5. The van der Waals surface area contributed by atoms with Crippen molar-refractivity contribution < 1.29 is 0 Å². The Balaban J connectivity index is 1.15. The van der Waals surface area contributed by atoms with Crippen LogP contribution in [0.3, 0.4) is 0 Å². The van der Waals surface area contributed by atoms with Gasteiger partial charge < -0.3 is 0 Å². The van der Waals surface area contributed by atoms with E-state index < -0.39 is 0 Å². The van der Waals surface area contributed by atoms with Gasteiger partial charge in [0.15, 0.2) is 29.1 Å². The molecule has 0 amide bonds. The molecule has 0 spiro atoms. The minimum Gasteiger partial charge on any atom is -0.0786 e. The van der Waals surface area contributed by atoms with Gasteiger partial charge in [0, 0.05) is 0 Å². The van der Waals surface area contributed by atoms with Crippen LogP contribution in [0.5, 0.6) is 0 Å². The molecule has 0 aromatic heterocycles. The maximum Gasteiger partial charge on any atom is 0.192 e. The fourth-order valence-corrected chi connectivity index (χ4v) is 4.46. The summed E-state index contributed by atoms with van der Waals surface area (Å²) in [6.07, 6.45) is 0. The molecule has 0 radical (unpaired) electrons. The Kier molecular flexibility index (Phi) is 7.16. The highest BCUT2D eigenvalue weighted by molar-refractivity contribution is 6.70. The van der Waals surface area contributed by atoms with Gasteiger partial charge in [-0.25, -0.2) is 0 Å².